The van der Waals surface area contributed by atoms with Crippen molar-refractivity contribution in [1.82, 2.24) is 0 Å². The van der Waals surface area contributed by atoms with Crippen LogP contribution in [0.5, 0.6) is 0 Å². The number of rotatable bonds is 5. The van der Waals surface area contributed by atoms with Crippen molar-refractivity contribution in [1.29, 1.82) is 0 Å². The molecular formula is C16H28O5. The SMILES string of the molecule is CCC1C(OC(C)=O)C(C)OC(CC(C)C)C1OC(C)=O. The summed E-state index contributed by atoms with van der Waals surface area (Å²) in [6.45, 7) is 10.9. The Morgan fingerprint density at radius 3 is 2.05 bits per heavy atom. The Labute approximate surface area is 127 Å². The Bertz CT molecular complexity index is 366. The molecule has 0 aromatic rings. The number of hydrogen-bond acceptors (Lipinski definition) is 5. The second-order valence-electron chi connectivity index (χ2n) is 6.23. The van der Waals surface area contributed by atoms with E-state index < -0.39 is 0 Å². The molecule has 5 nitrogen and oxygen atoms in total. The molecule has 1 heterocycles. The smallest absolute Gasteiger partial charge is 0.303 e. The molecule has 5 unspecified atom stereocenters. The van der Waals surface area contributed by atoms with E-state index in [1.807, 2.05) is 13.8 Å². The van der Waals surface area contributed by atoms with Crippen LogP contribution in [0, 0.1) is 11.8 Å². The first-order valence-electron chi connectivity index (χ1n) is 7.76. The van der Waals surface area contributed by atoms with Crippen molar-refractivity contribution in [2.45, 2.75) is 78.8 Å². The first-order valence-corrected chi connectivity index (χ1v) is 7.76. The molecule has 1 rings (SSSR count). The second-order valence-corrected chi connectivity index (χ2v) is 6.23. The average molecular weight is 300 g/mol. The van der Waals surface area contributed by atoms with E-state index in [4.69, 9.17) is 14.2 Å². The second kappa shape index (κ2) is 7.78. The van der Waals surface area contributed by atoms with Crippen LogP contribution in [0.15, 0.2) is 0 Å². The number of ether oxygens (including phenoxy) is 3. The molecule has 0 amide bonds. The van der Waals surface area contributed by atoms with Gasteiger partial charge in [0.1, 0.15) is 12.2 Å². The average Bonchev–Trinajstić information content (AvgIpc) is 2.33. The molecule has 0 aliphatic carbocycles. The maximum Gasteiger partial charge on any atom is 0.303 e. The van der Waals surface area contributed by atoms with Crippen LogP contribution in [0.1, 0.15) is 54.4 Å². The number of esters is 2. The van der Waals surface area contributed by atoms with Gasteiger partial charge in [0, 0.05) is 19.8 Å². The van der Waals surface area contributed by atoms with Gasteiger partial charge >= 0.3 is 11.9 Å². The van der Waals surface area contributed by atoms with E-state index in [2.05, 4.69) is 13.8 Å². The summed E-state index contributed by atoms with van der Waals surface area (Å²) in [4.78, 5) is 22.8. The fourth-order valence-corrected chi connectivity index (χ4v) is 3.09. The molecule has 0 bridgehead atoms. The lowest BCUT2D eigenvalue weighted by atomic mass is 9.82. The van der Waals surface area contributed by atoms with E-state index in [1.54, 1.807) is 0 Å². The quantitative estimate of drug-likeness (QED) is 0.731. The summed E-state index contributed by atoms with van der Waals surface area (Å²) in [7, 11) is 0. The summed E-state index contributed by atoms with van der Waals surface area (Å²) in [6, 6.07) is 0. The van der Waals surface area contributed by atoms with E-state index in [1.165, 1.54) is 13.8 Å². The van der Waals surface area contributed by atoms with Gasteiger partial charge in [-0.25, -0.2) is 0 Å². The van der Waals surface area contributed by atoms with Gasteiger partial charge in [-0.3, -0.25) is 9.59 Å². The summed E-state index contributed by atoms with van der Waals surface area (Å²) in [5, 5.41) is 0. The fourth-order valence-electron chi connectivity index (χ4n) is 3.09. The summed E-state index contributed by atoms with van der Waals surface area (Å²) in [5.74, 6) is -0.266. The molecule has 1 fully saturated rings. The van der Waals surface area contributed by atoms with Gasteiger partial charge in [-0.2, -0.15) is 0 Å². The molecular weight excluding hydrogens is 272 g/mol. The molecule has 0 saturated carbocycles. The van der Waals surface area contributed by atoms with Crippen molar-refractivity contribution in [2.24, 2.45) is 11.8 Å². The van der Waals surface area contributed by atoms with Crippen LogP contribution in [-0.4, -0.2) is 36.4 Å². The van der Waals surface area contributed by atoms with Gasteiger partial charge in [0.25, 0.3) is 0 Å². The first-order chi connectivity index (χ1) is 9.76. The molecule has 5 heteroatoms. The summed E-state index contributed by atoms with van der Waals surface area (Å²) in [5.41, 5.74) is 0. The molecule has 0 N–H and O–H groups in total. The van der Waals surface area contributed by atoms with Crippen LogP contribution in [0.2, 0.25) is 0 Å². The third-order valence-corrected chi connectivity index (χ3v) is 3.84. The topological polar surface area (TPSA) is 61.8 Å². The predicted octanol–water partition coefficient (Wildman–Crippen LogP) is 2.71. The van der Waals surface area contributed by atoms with E-state index in [0.717, 1.165) is 12.8 Å². The number of hydrogen-bond donors (Lipinski definition) is 0. The number of carbonyl (C=O) groups is 2. The van der Waals surface area contributed by atoms with Crippen molar-refractivity contribution in [3.63, 3.8) is 0 Å². The Morgan fingerprint density at radius 2 is 1.62 bits per heavy atom. The highest BCUT2D eigenvalue weighted by Gasteiger charge is 2.46. The van der Waals surface area contributed by atoms with E-state index >= 15 is 0 Å². The maximum absolute atomic E-state index is 11.4. The molecule has 0 aromatic carbocycles. The zero-order valence-corrected chi connectivity index (χ0v) is 13.9. The predicted molar refractivity (Wildman–Crippen MR) is 78.7 cm³/mol. The first kappa shape index (κ1) is 18.0. The van der Waals surface area contributed by atoms with Crippen LogP contribution in [0.4, 0.5) is 0 Å². The Balaban J connectivity index is 2.99. The molecule has 0 radical (unpaired) electrons. The normalized spacial score (nSPS) is 32.8. The molecule has 0 aromatic heterocycles. The van der Waals surface area contributed by atoms with Crippen LogP contribution in [0.25, 0.3) is 0 Å². The molecule has 1 saturated heterocycles. The standard InChI is InChI=1S/C16H28O5/c1-7-13-15(20-11(5)17)10(4)19-14(8-9(2)3)16(13)21-12(6)18/h9-10,13-16H,7-8H2,1-6H3. The van der Waals surface area contributed by atoms with Crippen LogP contribution in [0.3, 0.4) is 0 Å². The third-order valence-electron chi connectivity index (χ3n) is 3.84. The summed E-state index contributed by atoms with van der Waals surface area (Å²) in [6.07, 6.45) is 0.481. The minimum atomic E-state index is -0.375. The van der Waals surface area contributed by atoms with Crippen LogP contribution < -0.4 is 0 Å². The molecule has 1 aliphatic rings. The van der Waals surface area contributed by atoms with Gasteiger partial charge in [0.15, 0.2) is 0 Å². The molecule has 122 valence electrons. The minimum Gasteiger partial charge on any atom is -0.459 e. The van der Waals surface area contributed by atoms with Gasteiger partial charge in [-0.05, 0) is 25.7 Å². The Morgan fingerprint density at radius 1 is 1.10 bits per heavy atom. The van der Waals surface area contributed by atoms with Crippen molar-refractivity contribution in [3.05, 3.63) is 0 Å². The fraction of sp³-hybridized carbons (Fsp3) is 0.875. The Kier molecular flexibility index (Phi) is 6.65. The zero-order chi connectivity index (χ0) is 16.2. The minimum absolute atomic E-state index is 0.0368. The highest BCUT2D eigenvalue weighted by atomic mass is 16.6. The highest BCUT2D eigenvalue weighted by molar-refractivity contribution is 5.67. The molecule has 1 aliphatic heterocycles. The zero-order valence-electron chi connectivity index (χ0n) is 13.9. The number of carbonyl (C=O) groups excluding carboxylic acids is 2. The molecule has 5 atom stereocenters. The summed E-state index contributed by atoms with van der Waals surface area (Å²) >= 11 is 0. The Hall–Kier alpha value is -1.10. The molecule has 0 spiro atoms. The van der Waals surface area contributed by atoms with Gasteiger partial charge in [0.2, 0.25) is 0 Å². The van der Waals surface area contributed by atoms with Crippen molar-refractivity contribution < 1.29 is 23.8 Å². The van der Waals surface area contributed by atoms with Crippen molar-refractivity contribution in [3.8, 4) is 0 Å². The van der Waals surface area contributed by atoms with E-state index in [0.29, 0.717) is 5.92 Å². The van der Waals surface area contributed by atoms with Gasteiger partial charge < -0.3 is 14.2 Å². The van der Waals surface area contributed by atoms with Crippen molar-refractivity contribution >= 4 is 11.9 Å². The van der Waals surface area contributed by atoms with Crippen LogP contribution in [-0.2, 0) is 23.8 Å². The van der Waals surface area contributed by atoms with Crippen LogP contribution >= 0.6 is 0 Å². The van der Waals surface area contributed by atoms with Gasteiger partial charge in [0.05, 0.1) is 12.2 Å². The van der Waals surface area contributed by atoms with Crippen molar-refractivity contribution in [2.75, 3.05) is 0 Å². The monoisotopic (exact) mass is 300 g/mol. The maximum atomic E-state index is 11.4. The lowest BCUT2D eigenvalue weighted by Crippen LogP contribution is -2.56. The largest absolute Gasteiger partial charge is 0.459 e. The lowest BCUT2D eigenvalue weighted by Gasteiger charge is -2.45. The van der Waals surface area contributed by atoms with Gasteiger partial charge in [-0.1, -0.05) is 20.8 Å². The van der Waals surface area contributed by atoms with Gasteiger partial charge in [-0.15, -0.1) is 0 Å². The highest BCUT2D eigenvalue weighted by Crippen LogP contribution is 2.35. The summed E-state index contributed by atoms with van der Waals surface area (Å²) < 4.78 is 16.9. The lowest BCUT2D eigenvalue weighted by molar-refractivity contribution is -0.223. The third kappa shape index (κ3) is 4.99. The van der Waals surface area contributed by atoms with E-state index in [-0.39, 0.29) is 42.3 Å². The van der Waals surface area contributed by atoms with E-state index in [9.17, 15) is 9.59 Å². The molecule has 21 heavy (non-hydrogen) atoms.